The van der Waals surface area contributed by atoms with E-state index in [1.54, 1.807) is 6.07 Å². The summed E-state index contributed by atoms with van der Waals surface area (Å²) in [6.07, 6.45) is 5.01. The number of esters is 2. The largest absolute Gasteiger partial charge is 0.473 e. The lowest BCUT2D eigenvalue weighted by molar-refractivity contribution is -0.178. The average Bonchev–Trinajstić information content (AvgIpc) is 3.22. The fraction of sp³-hybridized carbons (Fsp3) is 0.609. The molecule has 1 unspecified atom stereocenters. The minimum Gasteiger partial charge on any atom is -0.473 e. The standard InChI is InChI=1S/C23H29FO6/c1-22(2,21(27)28-3)29-19-9-8-15(12-18(19)24)10-11-23(16-6-4-5-7-16)14-17(25)13-20(26)30-23/h8-9,12,16H,4-7,10-11,13-14H2,1-3H3. The third-order valence-electron chi connectivity index (χ3n) is 6.13. The van der Waals surface area contributed by atoms with E-state index in [2.05, 4.69) is 4.74 Å². The molecule has 164 valence electrons. The van der Waals surface area contributed by atoms with Gasteiger partial charge < -0.3 is 14.2 Å². The van der Waals surface area contributed by atoms with Gasteiger partial charge in [0.2, 0.25) is 0 Å². The van der Waals surface area contributed by atoms with Gasteiger partial charge in [-0.25, -0.2) is 9.18 Å². The monoisotopic (exact) mass is 420 g/mol. The van der Waals surface area contributed by atoms with E-state index in [1.807, 2.05) is 0 Å². The Hall–Kier alpha value is -2.44. The van der Waals surface area contributed by atoms with Crippen molar-refractivity contribution in [2.24, 2.45) is 5.92 Å². The number of benzene rings is 1. The third kappa shape index (κ3) is 4.82. The number of halogens is 1. The van der Waals surface area contributed by atoms with Crippen molar-refractivity contribution in [3.63, 3.8) is 0 Å². The number of aryl methyl sites for hydroxylation is 1. The van der Waals surface area contributed by atoms with Crippen molar-refractivity contribution < 1.29 is 33.0 Å². The van der Waals surface area contributed by atoms with Gasteiger partial charge in [0.1, 0.15) is 17.8 Å². The van der Waals surface area contributed by atoms with Crippen LogP contribution in [0.5, 0.6) is 5.75 Å². The van der Waals surface area contributed by atoms with Gasteiger partial charge in [-0.3, -0.25) is 9.59 Å². The predicted molar refractivity (Wildman–Crippen MR) is 106 cm³/mol. The molecule has 1 aromatic rings. The van der Waals surface area contributed by atoms with E-state index in [4.69, 9.17) is 9.47 Å². The summed E-state index contributed by atoms with van der Waals surface area (Å²) >= 11 is 0. The number of hydrogen-bond donors (Lipinski definition) is 0. The Morgan fingerprint density at radius 1 is 1.27 bits per heavy atom. The van der Waals surface area contributed by atoms with Gasteiger partial charge in [-0.15, -0.1) is 0 Å². The van der Waals surface area contributed by atoms with Crippen molar-refractivity contribution in [2.45, 2.75) is 76.4 Å². The van der Waals surface area contributed by atoms with Gasteiger partial charge in [0.05, 0.1) is 7.11 Å². The first-order valence-electron chi connectivity index (χ1n) is 10.4. The Morgan fingerprint density at radius 2 is 1.97 bits per heavy atom. The molecular weight excluding hydrogens is 391 g/mol. The molecule has 0 spiro atoms. The molecule has 1 atom stereocenters. The second kappa shape index (κ2) is 8.74. The van der Waals surface area contributed by atoms with Gasteiger partial charge in [0.25, 0.3) is 0 Å². The Bertz CT molecular complexity index is 809. The van der Waals surface area contributed by atoms with Crippen LogP contribution < -0.4 is 4.74 Å². The van der Waals surface area contributed by atoms with Crippen LogP contribution >= 0.6 is 0 Å². The molecule has 0 amide bonds. The highest BCUT2D eigenvalue weighted by Gasteiger charge is 2.47. The van der Waals surface area contributed by atoms with Gasteiger partial charge in [0.15, 0.2) is 17.2 Å². The number of methoxy groups -OCH3 is 1. The number of Topliss-reactive ketones (excluding diaryl/α,β-unsaturated/α-hetero) is 1. The fourth-order valence-corrected chi connectivity index (χ4v) is 4.58. The lowest BCUT2D eigenvalue weighted by atomic mass is 9.76. The number of rotatable bonds is 7. The van der Waals surface area contributed by atoms with Crippen molar-refractivity contribution in [3.05, 3.63) is 29.6 Å². The quantitative estimate of drug-likeness (QED) is 0.491. The Labute approximate surface area is 176 Å². The maximum Gasteiger partial charge on any atom is 0.349 e. The molecule has 0 N–H and O–H groups in total. The Kier molecular flexibility index (Phi) is 6.48. The summed E-state index contributed by atoms with van der Waals surface area (Å²) in [7, 11) is 1.25. The van der Waals surface area contributed by atoms with Crippen molar-refractivity contribution in [1.29, 1.82) is 0 Å². The molecule has 7 heteroatoms. The summed E-state index contributed by atoms with van der Waals surface area (Å²) in [6, 6.07) is 4.56. The summed E-state index contributed by atoms with van der Waals surface area (Å²) in [5.74, 6) is -1.61. The minimum atomic E-state index is -1.32. The molecule has 1 saturated heterocycles. The summed E-state index contributed by atoms with van der Waals surface area (Å²) in [6.45, 7) is 3.01. The van der Waals surface area contributed by atoms with Crippen LogP contribution in [0.2, 0.25) is 0 Å². The van der Waals surface area contributed by atoms with Crippen LogP contribution in [-0.2, 0) is 30.3 Å². The molecule has 0 bridgehead atoms. The second-order valence-electron chi connectivity index (χ2n) is 8.78. The zero-order chi connectivity index (χ0) is 21.9. The maximum absolute atomic E-state index is 14.6. The molecule has 2 fully saturated rings. The summed E-state index contributed by atoms with van der Waals surface area (Å²) in [5, 5.41) is 0. The van der Waals surface area contributed by atoms with Crippen molar-refractivity contribution >= 4 is 17.7 Å². The van der Waals surface area contributed by atoms with Crippen LogP contribution in [0.1, 0.15) is 64.4 Å². The van der Waals surface area contributed by atoms with Crippen LogP contribution in [0, 0.1) is 11.7 Å². The fourth-order valence-electron chi connectivity index (χ4n) is 4.58. The van der Waals surface area contributed by atoms with Crippen molar-refractivity contribution in [2.75, 3.05) is 7.11 Å². The number of ketones is 1. The number of carbonyl (C=O) groups is 3. The third-order valence-corrected chi connectivity index (χ3v) is 6.13. The topological polar surface area (TPSA) is 78.9 Å². The number of carbonyl (C=O) groups excluding carboxylic acids is 3. The lowest BCUT2D eigenvalue weighted by Crippen LogP contribution is -2.48. The zero-order valence-corrected chi connectivity index (χ0v) is 17.8. The van der Waals surface area contributed by atoms with E-state index in [-0.39, 0.29) is 30.3 Å². The van der Waals surface area contributed by atoms with Crippen LogP contribution in [0.15, 0.2) is 18.2 Å². The smallest absolute Gasteiger partial charge is 0.349 e. The molecular formula is C23H29FO6. The van der Waals surface area contributed by atoms with E-state index in [0.717, 1.165) is 25.7 Å². The normalized spacial score (nSPS) is 22.7. The first-order chi connectivity index (χ1) is 14.1. The molecule has 6 nitrogen and oxygen atoms in total. The van der Waals surface area contributed by atoms with Crippen LogP contribution in [0.3, 0.4) is 0 Å². The average molecular weight is 420 g/mol. The number of hydrogen-bond acceptors (Lipinski definition) is 6. The number of ether oxygens (including phenoxy) is 3. The first-order valence-corrected chi connectivity index (χ1v) is 10.4. The molecule has 0 radical (unpaired) electrons. The van der Waals surface area contributed by atoms with E-state index < -0.39 is 29.0 Å². The molecule has 1 aliphatic carbocycles. The van der Waals surface area contributed by atoms with E-state index >= 15 is 0 Å². The maximum atomic E-state index is 14.6. The highest BCUT2D eigenvalue weighted by molar-refractivity contribution is 5.98. The summed E-state index contributed by atoms with van der Waals surface area (Å²) in [5.41, 5.74) is -1.40. The van der Waals surface area contributed by atoms with E-state index in [1.165, 1.54) is 33.1 Å². The van der Waals surface area contributed by atoms with Gasteiger partial charge in [-0.2, -0.15) is 0 Å². The Balaban J connectivity index is 1.73. The molecule has 1 heterocycles. The molecule has 30 heavy (non-hydrogen) atoms. The van der Waals surface area contributed by atoms with Gasteiger partial charge in [-0.1, -0.05) is 18.9 Å². The van der Waals surface area contributed by atoms with Gasteiger partial charge in [0, 0.05) is 6.42 Å². The highest BCUT2D eigenvalue weighted by Crippen LogP contribution is 2.44. The predicted octanol–water partition coefficient (Wildman–Crippen LogP) is 3.92. The van der Waals surface area contributed by atoms with Crippen LogP contribution in [0.4, 0.5) is 4.39 Å². The summed E-state index contributed by atoms with van der Waals surface area (Å²) < 4.78 is 30.6. The first kappa shape index (κ1) is 22.2. The van der Waals surface area contributed by atoms with Gasteiger partial charge in [-0.05, 0) is 63.1 Å². The Morgan fingerprint density at radius 3 is 2.57 bits per heavy atom. The van der Waals surface area contributed by atoms with Crippen molar-refractivity contribution in [1.82, 2.24) is 0 Å². The highest BCUT2D eigenvalue weighted by atomic mass is 19.1. The molecule has 0 aromatic heterocycles. The zero-order valence-electron chi connectivity index (χ0n) is 17.8. The molecule has 3 rings (SSSR count). The van der Waals surface area contributed by atoms with Crippen LogP contribution in [0.25, 0.3) is 0 Å². The van der Waals surface area contributed by atoms with Crippen LogP contribution in [-0.4, -0.2) is 36.0 Å². The molecule has 1 aromatic carbocycles. The van der Waals surface area contributed by atoms with Crippen molar-refractivity contribution in [3.8, 4) is 5.75 Å². The second-order valence-corrected chi connectivity index (χ2v) is 8.78. The van der Waals surface area contributed by atoms with Gasteiger partial charge >= 0.3 is 11.9 Å². The molecule has 1 aliphatic heterocycles. The van der Waals surface area contributed by atoms with E-state index in [9.17, 15) is 18.8 Å². The molecule has 1 saturated carbocycles. The number of cyclic esters (lactones) is 1. The lowest BCUT2D eigenvalue weighted by Gasteiger charge is -2.41. The van der Waals surface area contributed by atoms with E-state index in [0.29, 0.717) is 18.4 Å². The minimum absolute atomic E-state index is 0.0427. The summed E-state index contributed by atoms with van der Waals surface area (Å²) in [4.78, 5) is 35.9. The SMILES string of the molecule is COC(=O)C(C)(C)Oc1ccc(CCC2(C3CCCC3)CC(=O)CC(=O)O2)cc1F. The molecule has 2 aliphatic rings.